The first-order valence-corrected chi connectivity index (χ1v) is 8.73. The zero-order chi connectivity index (χ0) is 20.0. The molecule has 0 saturated carbocycles. The SMILES string of the molecule is O=C(NCCc1ccccc1OC(F)(F)F)c1ccnc(OC2CCOC2)c1. The molecule has 1 aliphatic heterocycles. The Morgan fingerprint density at radius 3 is 2.86 bits per heavy atom. The first kappa shape index (κ1) is 19.9. The molecule has 0 radical (unpaired) electrons. The summed E-state index contributed by atoms with van der Waals surface area (Å²) in [4.78, 5) is 16.4. The fourth-order valence-corrected chi connectivity index (χ4v) is 2.74. The summed E-state index contributed by atoms with van der Waals surface area (Å²) in [6, 6.07) is 8.89. The van der Waals surface area contributed by atoms with Gasteiger partial charge in [0.1, 0.15) is 11.9 Å². The smallest absolute Gasteiger partial charge is 0.472 e. The maximum absolute atomic E-state index is 12.5. The van der Waals surface area contributed by atoms with Gasteiger partial charge in [0.2, 0.25) is 5.88 Å². The summed E-state index contributed by atoms with van der Waals surface area (Å²) in [5, 5.41) is 2.67. The summed E-state index contributed by atoms with van der Waals surface area (Å²) in [7, 11) is 0. The van der Waals surface area contributed by atoms with Crippen molar-refractivity contribution in [2.75, 3.05) is 19.8 Å². The highest BCUT2D eigenvalue weighted by Gasteiger charge is 2.31. The number of hydrogen-bond acceptors (Lipinski definition) is 5. The van der Waals surface area contributed by atoms with Crippen molar-refractivity contribution in [3.8, 4) is 11.6 Å². The van der Waals surface area contributed by atoms with Gasteiger partial charge in [0.25, 0.3) is 5.91 Å². The van der Waals surface area contributed by atoms with Crippen LogP contribution in [0, 0.1) is 0 Å². The molecule has 1 atom stereocenters. The van der Waals surface area contributed by atoms with E-state index in [-0.39, 0.29) is 30.7 Å². The van der Waals surface area contributed by atoms with Gasteiger partial charge in [0.15, 0.2) is 0 Å². The van der Waals surface area contributed by atoms with Crippen LogP contribution in [0.25, 0.3) is 0 Å². The number of carbonyl (C=O) groups excluding carboxylic acids is 1. The summed E-state index contributed by atoms with van der Waals surface area (Å²) in [5.74, 6) is -0.321. The molecule has 150 valence electrons. The molecule has 0 spiro atoms. The van der Waals surface area contributed by atoms with Crippen LogP contribution in [0.1, 0.15) is 22.3 Å². The Hall–Kier alpha value is -2.81. The number of nitrogens with one attached hydrogen (secondary N) is 1. The Morgan fingerprint density at radius 1 is 1.29 bits per heavy atom. The molecule has 1 unspecified atom stereocenters. The number of pyridine rings is 1. The molecular weight excluding hydrogens is 377 g/mol. The second-order valence-electron chi connectivity index (χ2n) is 6.15. The Kier molecular flexibility index (Phi) is 6.35. The minimum absolute atomic E-state index is 0.0871. The fraction of sp³-hybridized carbons (Fsp3) is 0.368. The van der Waals surface area contributed by atoms with Crippen LogP contribution in [0.3, 0.4) is 0 Å². The van der Waals surface area contributed by atoms with Crippen LogP contribution in [0.4, 0.5) is 13.2 Å². The largest absolute Gasteiger partial charge is 0.573 e. The topological polar surface area (TPSA) is 69.7 Å². The number of benzene rings is 1. The van der Waals surface area contributed by atoms with Crippen LogP contribution in [0.2, 0.25) is 0 Å². The minimum Gasteiger partial charge on any atom is -0.472 e. The molecule has 2 heterocycles. The maximum Gasteiger partial charge on any atom is 0.573 e. The van der Waals surface area contributed by atoms with Crippen molar-refractivity contribution in [3.63, 3.8) is 0 Å². The molecule has 28 heavy (non-hydrogen) atoms. The molecule has 0 aliphatic carbocycles. The van der Waals surface area contributed by atoms with Gasteiger partial charge in [-0.25, -0.2) is 4.98 Å². The van der Waals surface area contributed by atoms with Gasteiger partial charge in [-0.1, -0.05) is 18.2 Å². The average molecular weight is 396 g/mol. The Labute approximate surface area is 159 Å². The molecule has 6 nitrogen and oxygen atoms in total. The quantitative estimate of drug-likeness (QED) is 0.779. The van der Waals surface area contributed by atoms with Crippen molar-refractivity contribution in [1.82, 2.24) is 10.3 Å². The number of nitrogens with zero attached hydrogens (tertiary/aromatic N) is 1. The monoisotopic (exact) mass is 396 g/mol. The number of ether oxygens (including phenoxy) is 3. The number of halogens is 3. The number of hydrogen-bond donors (Lipinski definition) is 1. The van der Waals surface area contributed by atoms with Crippen LogP contribution in [-0.4, -0.2) is 43.1 Å². The van der Waals surface area contributed by atoms with E-state index in [1.807, 2.05) is 0 Å². The molecule has 1 N–H and O–H groups in total. The molecule has 9 heteroatoms. The van der Waals surface area contributed by atoms with Crippen molar-refractivity contribution in [3.05, 3.63) is 53.7 Å². The van der Waals surface area contributed by atoms with E-state index < -0.39 is 6.36 Å². The van der Waals surface area contributed by atoms with Gasteiger partial charge < -0.3 is 19.5 Å². The Morgan fingerprint density at radius 2 is 2.11 bits per heavy atom. The van der Waals surface area contributed by atoms with Crippen LogP contribution >= 0.6 is 0 Å². The number of amides is 1. The zero-order valence-electron chi connectivity index (χ0n) is 14.9. The van der Waals surface area contributed by atoms with Gasteiger partial charge in [-0.2, -0.15) is 0 Å². The lowest BCUT2D eigenvalue weighted by atomic mass is 10.1. The third-order valence-electron chi connectivity index (χ3n) is 4.05. The molecule has 1 aromatic carbocycles. The number of aromatic nitrogens is 1. The highest BCUT2D eigenvalue weighted by molar-refractivity contribution is 5.94. The van der Waals surface area contributed by atoms with E-state index in [0.29, 0.717) is 30.2 Å². The third-order valence-corrected chi connectivity index (χ3v) is 4.05. The van der Waals surface area contributed by atoms with Crippen LogP contribution < -0.4 is 14.8 Å². The molecule has 1 fully saturated rings. The standard InChI is InChI=1S/C19H19F3N2O4/c20-19(21,22)28-16-4-2-1-3-13(16)5-9-24-18(25)14-6-8-23-17(11-14)27-15-7-10-26-12-15/h1-4,6,8,11,15H,5,7,9-10,12H2,(H,24,25). The molecule has 2 aromatic rings. The fourth-order valence-electron chi connectivity index (χ4n) is 2.74. The zero-order valence-corrected chi connectivity index (χ0v) is 14.9. The lowest BCUT2D eigenvalue weighted by Crippen LogP contribution is -2.26. The summed E-state index contributed by atoms with van der Waals surface area (Å²) in [6.45, 7) is 1.26. The molecule has 1 amide bonds. The van der Waals surface area contributed by atoms with Crippen LogP contribution in [-0.2, 0) is 11.2 Å². The number of alkyl halides is 3. The minimum atomic E-state index is -4.77. The van der Waals surface area contributed by atoms with Crippen molar-refractivity contribution in [2.45, 2.75) is 25.3 Å². The van der Waals surface area contributed by atoms with Gasteiger partial charge in [-0.15, -0.1) is 13.2 Å². The van der Waals surface area contributed by atoms with E-state index in [1.54, 1.807) is 6.07 Å². The number of carbonyl (C=O) groups is 1. The maximum atomic E-state index is 12.5. The Bertz CT molecular complexity index is 808. The summed E-state index contributed by atoms with van der Waals surface area (Å²) in [6.07, 6.45) is -2.44. The predicted octanol–water partition coefficient (Wildman–Crippen LogP) is 3.12. The van der Waals surface area contributed by atoms with Crippen LogP contribution in [0.5, 0.6) is 11.6 Å². The van der Waals surface area contributed by atoms with E-state index >= 15 is 0 Å². The molecule has 1 aliphatic rings. The predicted molar refractivity (Wildman–Crippen MR) is 93.3 cm³/mol. The lowest BCUT2D eigenvalue weighted by Gasteiger charge is -2.14. The van der Waals surface area contributed by atoms with E-state index in [9.17, 15) is 18.0 Å². The highest BCUT2D eigenvalue weighted by atomic mass is 19.4. The third kappa shape index (κ3) is 5.85. The van der Waals surface area contributed by atoms with Crippen molar-refractivity contribution >= 4 is 5.91 Å². The first-order chi connectivity index (χ1) is 13.4. The van der Waals surface area contributed by atoms with E-state index in [1.165, 1.54) is 36.5 Å². The van der Waals surface area contributed by atoms with Crippen molar-refractivity contribution < 1.29 is 32.2 Å². The van der Waals surface area contributed by atoms with E-state index in [2.05, 4.69) is 15.0 Å². The molecule has 3 rings (SSSR count). The summed E-state index contributed by atoms with van der Waals surface area (Å²) < 4.78 is 52.3. The van der Waals surface area contributed by atoms with Gasteiger partial charge >= 0.3 is 6.36 Å². The summed E-state index contributed by atoms with van der Waals surface area (Å²) in [5.41, 5.74) is 0.698. The normalized spacial score (nSPS) is 16.6. The number of rotatable bonds is 7. The second kappa shape index (κ2) is 8.92. The highest BCUT2D eigenvalue weighted by Crippen LogP contribution is 2.26. The Balaban J connectivity index is 1.55. The molecular formula is C19H19F3N2O4. The lowest BCUT2D eigenvalue weighted by molar-refractivity contribution is -0.274. The van der Waals surface area contributed by atoms with Gasteiger partial charge in [0, 0.05) is 30.8 Å². The summed E-state index contributed by atoms with van der Waals surface area (Å²) >= 11 is 0. The second-order valence-corrected chi connectivity index (χ2v) is 6.15. The van der Waals surface area contributed by atoms with Gasteiger partial charge in [-0.05, 0) is 24.1 Å². The van der Waals surface area contributed by atoms with Gasteiger partial charge in [0.05, 0.1) is 13.2 Å². The van der Waals surface area contributed by atoms with Crippen LogP contribution in [0.15, 0.2) is 42.6 Å². The number of para-hydroxylation sites is 1. The van der Waals surface area contributed by atoms with E-state index in [4.69, 9.17) is 9.47 Å². The van der Waals surface area contributed by atoms with E-state index in [0.717, 1.165) is 6.42 Å². The molecule has 1 saturated heterocycles. The average Bonchev–Trinajstić information content (AvgIpc) is 3.15. The van der Waals surface area contributed by atoms with Crippen molar-refractivity contribution in [1.29, 1.82) is 0 Å². The first-order valence-electron chi connectivity index (χ1n) is 8.73. The van der Waals surface area contributed by atoms with Gasteiger partial charge in [-0.3, -0.25) is 4.79 Å². The molecule has 1 aromatic heterocycles. The van der Waals surface area contributed by atoms with Crippen molar-refractivity contribution in [2.24, 2.45) is 0 Å². The molecule has 0 bridgehead atoms.